The molecule has 1 heterocycles. The zero-order chi connectivity index (χ0) is 16.3. The molecule has 0 spiro atoms. The summed E-state index contributed by atoms with van der Waals surface area (Å²) >= 11 is 0. The van der Waals surface area contributed by atoms with Crippen LogP contribution < -0.4 is 4.72 Å². The van der Waals surface area contributed by atoms with Gasteiger partial charge in [-0.3, -0.25) is 4.79 Å². The Labute approximate surface area is 131 Å². The average Bonchev–Trinajstić information content (AvgIpc) is 2.90. The number of carbonyl (C=O) groups is 2. The maximum atomic E-state index is 12.1. The van der Waals surface area contributed by atoms with Crippen molar-refractivity contribution in [2.75, 3.05) is 12.3 Å². The topological polar surface area (TPSA) is 104 Å². The Morgan fingerprint density at radius 1 is 1.18 bits per heavy atom. The van der Waals surface area contributed by atoms with E-state index in [4.69, 9.17) is 5.11 Å². The molecule has 1 saturated carbocycles. The van der Waals surface area contributed by atoms with Crippen molar-refractivity contribution in [3.05, 3.63) is 0 Å². The van der Waals surface area contributed by atoms with Gasteiger partial charge in [-0.2, -0.15) is 0 Å². The molecule has 1 aliphatic carbocycles. The average molecular weight is 332 g/mol. The monoisotopic (exact) mass is 332 g/mol. The summed E-state index contributed by atoms with van der Waals surface area (Å²) in [5.41, 5.74) is 0. The maximum Gasteiger partial charge on any atom is 0.326 e. The summed E-state index contributed by atoms with van der Waals surface area (Å²) in [6, 6.07) is -0.999. The van der Waals surface area contributed by atoms with Gasteiger partial charge in [0.15, 0.2) is 0 Å². The number of sulfonamides is 1. The van der Waals surface area contributed by atoms with Crippen molar-refractivity contribution < 1.29 is 23.1 Å². The number of nitrogens with zero attached hydrogens (tertiary/aromatic N) is 1. The SMILES string of the molecule is CC1CCC(NS(=O)(=O)CC(=O)N2CCC[C@@H]2C(=O)O)CC1. The van der Waals surface area contributed by atoms with Gasteiger partial charge in [0.2, 0.25) is 15.9 Å². The van der Waals surface area contributed by atoms with Crippen LogP contribution in [0.5, 0.6) is 0 Å². The Morgan fingerprint density at radius 2 is 1.82 bits per heavy atom. The highest BCUT2D eigenvalue weighted by molar-refractivity contribution is 7.90. The first-order valence-electron chi connectivity index (χ1n) is 7.81. The number of carbonyl (C=O) groups excluding carboxylic acids is 1. The molecule has 1 saturated heterocycles. The van der Waals surface area contributed by atoms with Gasteiger partial charge >= 0.3 is 5.97 Å². The molecule has 8 heteroatoms. The molecule has 1 aliphatic heterocycles. The molecule has 0 unspecified atom stereocenters. The minimum atomic E-state index is -3.72. The highest BCUT2D eigenvalue weighted by atomic mass is 32.2. The second-order valence-corrected chi connectivity index (χ2v) is 8.17. The van der Waals surface area contributed by atoms with Gasteiger partial charge in [0, 0.05) is 12.6 Å². The van der Waals surface area contributed by atoms with Gasteiger partial charge in [0.05, 0.1) is 0 Å². The highest BCUT2D eigenvalue weighted by Crippen LogP contribution is 2.24. The molecule has 0 aromatic carbocycles. The van der Waals surface area contributed by atoms with Gasteiger partial charge in [0.25, 0.3) is 0 Å². The minimum absolute atomic E-state index is 0.108. The zero-order valence-corrected chi connectivity index (χ0v) is 13.6. The van der Waals surface area contributed by atoms with Crippen LogP contribution in [-0.2, 0) is 19.6 Å². The van der Waals surface area contributed by atoms with Gasteiger partial charge in [-0.15, -0.1) is 0 Å². The lowest BCUT2D eigenvalue weighted by molar-refractivity contribution is -0.147. The molecule has 1 amide bonds. The van der Waals surface area contributed by atoms with E-state index in [1.54, 1.807) is 0 Å². The number of hydrogen-bond acceptors (Lipinski definition) is 4. The molecule has 22 heavy (non-hydrogen) atoms. The van der Waals surface area contributed by atoms with Crippen LogP contribution in [0.4, 0.5) is 0 Å². The first-order chi connectivity index (χ1) is 10.3. The van der Waals surface area contributed by atoms with Crippen molar-refractivity contribution >= 4 is 21.9 Å². The van der Waals surface area contributed by atoms with Gasteiger partial charge in [-0.05, 0) is 44.4 Å². The Hall–Kier alpha value is -1.15. The van der Waals surface area contributed by atoms with E-state index in [1.165, 1.54) is 4.90 Å². The summed E-state index contributed by atoms with van der Waals surface area (Å²) in [5, 5.41) is 9.06. The summed E-state index contributed by atoms with van der Waals surface area (Å²) in [5.74, 6) is -1.75. The number of carboxylic acid groups (broad SMARTS) is 1. The number of aliphatic carboxylic acids is 1. The molecule has 1 atom stereocenters. The van der Waals surface area contributed by atoms with Crippen LogP contribution in [0.2, 0.25) is 0 Å². The third kappa shape index (κ3) is 4.42. The van der Waals surface area contributed by atoms with Gasteiger partial charge in [-0.1, -0.05) is 6.92 Å². The second-order valence-electron chi connectivity index (χ2n) is 6.42. The molecule has 0 radical (unpaired) electrons. The first-order valence-corrected chi connectivity index (χ1v) is 9.46. The molecular formula is C14H24N2O5S. The fourth-order valence-electron chi connectivity index (χ4n) is 3.24. The van der Waals surface area contributed by atoms with Crippen LogP contribution in [-0.4, -0.2) is 54.7 Å². The zero-order valence-electron chi connectivity index (χ0n) is 12.8. The molecule has 0 aromatic heterocycles. The lowest BCUT2D eigenvalue weighted by atomic mass is 9.88. The van der Waals surface area contributed by atoms with E-state index < -0.39 is 33.7 Å². The van der Waals surface area contributed by atoms with Crippen molar-refractivity contribution in [3.8, 4) is 0 Å². The quantitative estimate of drug-likeness (QED) is 0.765. The van der Waals surface area contributed by atoms with Crippen molar-refractivity contribution in [1.29, 1.82) is 0 Å². The molecule has 2 aliphatic rings. The Bertz CT molecular complexity index is 525. The second kappa shape index (κ2) is 6.95. The summed E-state index contributed by atoms with van der Waals surface area (Å²) in [4.78, 5) is 24.4. The minimum Gasteiger partial charge on any atom is -0.480 e. The van der Waals surface area contributed by atoms with Crippen LogP contribution in [0.15, 0.2) is 0 Å². The molecule has 126 valence electrons. The third-order valence-corrected chi connectivity index (χ3v) is 5.85. The largest absolute Gasteiger partial charge is 0.480 e. The third-order valence-electron chi connectivity index (χ3n) is 4.53. The normalized spacial score (nSPS) is 29.5. The molecular weight excluding hydrogens is 308 g/mol. The number of carboxylic acids is 1. The van der Waals surface area contributed by atoms with E-state index >= 15 is 0 Å². The molecule has 7 nitrogen and oxygen atoms in total. The number of hydrogen-bond donors (Lipinski definition) is 2. The molecule has 2 rings (SSSR count). The smallest absolute Gasteiger partial charge is 0.326 e. The van der Waals surface area contributed by atoms with Gasteiger partial charge in [-0.25, -0.2) is 17.9 Å². The van der Waals surface area contributed by atoms with Gasteiger partial charge < -0.3 is 10.0 Å². The summed E-state index contributed by atoms with van der Waals surface area (Å²) in [6.45, 7) is 2.46. The van der Waals surface area contributed by atoms with Crippen molar-refractivity contribution in [3.63, 3.8) is 0 Å². The van der Waals surface area contributed by atoms with Crippen molar-refractivity contribution in [2.24, 2.45) is 5.92 Å². The van der Waals surface area contributed by atoms with Crippen molar-refractivity contribution in [1.82, 2.24) is 9.62 Å². The standard InChI is InChI=1S/C14H24N2O5S/c1-10-4-6-11(7-5-10)15-22(20,21)9-13(17)16-8-2-3-12(16)14(18)19/h10-12,15H,2-9H2,1H3,(H,18,19)/t10?,11?,12-/m1/s1. The molecule has 0 aromatic rings. The van der Waals surface area contributed by atoms with Crippen LogP contribution in [0.25, 0.3) is 0 Å². The Morgan fingerprint density at radius 3 is 2.41 bits per heavy atom. The van der Waals surface area contributed by atoms with Crippen LogP contribution in [0.3, 0.4) is 0 Å². The molecule has 2 N–H and O–H groups in total. The maximum absolute atomic E-state index is 12.1. The van der Waals surface area contributed by atoms with Crippen LogP contribution in [0.1, 0.15) is 45.4 Å². The van der Waals surface area contributed by atoms with E-state index in [0.29, 0.717) is 25.3 Å². The molecule has 0 bridgehead atoms. The predicted molar refractivity (Wildman–Crippen MR) is 80.7 cm³/mol. The summed E-state index contributed by atoms with van der Waals surface area (Å²) in [7, 11) is -3.72. The predicted octanol–water partition coefficient (Wildman–Crippen LogP) is 0.560. The number of nitrogens with one attached hydrogen (secondary N) is 1. The number of rotatable bonds is 5. The number of likely N-dealkylation sites (tertiary alicyclic amines) is 1. The van der Waals surface area contributed by atoms with Crippen LogP contribution in [0, 0.1) is 5.92 Å². The lowest BCUT2D eigenvalue weighted by Gasteiger charge is -2.27. The van der Waals surface area contributed by atoms with Crippen molar-refractivity contribution in [2.45, 2.75) is 57.5 Å². The van der Waals surface area contributed by atoms with Gasteiger partial charge in [0.1, 0.15) is 11.8 Å². The van der Waals surface area contributed by atoms with E-state index in [-0.39, 0.29) is 6.04 Å². The van der Waals surface area contributed by atoms with E-state index in [1.807, 2.05) is 0 Å². The molecule has 2 fully saturated rings. The first kappa shape index (κ1) is 17.2. The van der Waals surface area contributed by atoms with E-state index in [9.17, 15) is 18.0 Å². The van der Waals surface area contributed by atoms with E-state index in [0.717, 1.165) is 25.7 Å². The number of amides is 1. The Kier molecular flexibility index (Phi) is 5.44. The summed E-state index contributed by atoms with van der Waals surface area (Å²) < 4.78 is 26.8. The van der Waals surface area contributed by atoms with E-state index in [2.05, 4.69) is 11.6 Å². The lowest BCUT2D eigenvalue weighted by Crippen LogP contribution is -2.46. The highest BCUT2D eigenvalue weighted by Gasteiger charge is 2.36. The fraction of sp³-hybridized carbons (Fsp3) is 0.857. The Balaban J connectivity index is 1.91. The van der Waals surface area contributed by atoms with Crippen LogP contribution >= 0.6 is 0 Å². The summed E-state index contributed by atoms with van der Waals surface area (Å²) in [6.07, 6.45) is 4.51. The fourth-order valence-corrected chi connectivity index (χ4v) is 4.56.